The summed E-state index contributed by atoms with van der Waals surface area (Å²) in [6.45, 7) is 9.41. The number of hydrogen-bond acceptors (Lipinski definition) is 4. The van der Waals surface area contributed by atoms with Crippen molar-refractivity contribution in [1.29, 1.82) is 0 Å². The minimum Gasteiger partial charge on any atom is -0.390 e. The lowest BCUT2D eigenvalue weighted by atomic mass is 9.44. The SMILES string of the molecule is CCc1cnn(CC(=O)[C@H]2CC[C@H]3[C@@H]4CC[C@H]5C[C@](C)(O)CC[C@]5(C)[C@H]4CC[C@]23C)n1. The van der Waals surface area contributed by atoms with E-state index in [0.717, 1.165) is 43.2 Å². The molecule has 0 aromatic carbocycles. The number of fused-ring (bicyclic) bond motifs is 5. The van der Waals surface area contributed by atoms with E-state index >= 15 is 0 Å². The van der Waals surface area contributed by atoms with Gasteiger partial charge in [0.15, 0.2) is 5.78 Å². The molecule has 4 fully saturated rings. The highest BCUT2D eigenvalue weighted by Crippen LogP contribution is 2.68. The van der Waals surface area contributed by atoms with Crippen LogP contribution in [-0.2, 0) is 17.8 Å². The molecule has 0 amide bonds. The summed E-state index contributed by atoms with van der Waals surface area (Å²) in [5.74, 6) is 3.38. The van der Waals surface area contributed by atoms with Crippen LogP contribution in [0.2, 0.25) is 0 Å². The van der Waals surface area contributed by atoms with Crippen molar-refractivity contribution in [3.63, 3.8) is 0 Å². The second kappa shape index (κ2) is 7.40. The molecule has 1 aromatic rings. The van der Waals surface area contributed by atoms with Gasteiger partial charge in [0.25, 0.3) is 0 Å². The quantitative estimate of drug-likeness (QED) is 0.748. The number of Topliss-reactive ketones (excluding diaryl/α,β-unsaturated/α-hetero) is 1. The summed E-state index contributed by atoms with van der Waals surface area (Å²) >= 11 is 0. The molecule has 1 heterocycles. The number of carbonyl (C=O) groups is 1. The van der Waals surface area contributed by atoms with Gasteiger partial charge >= 0.3 is 0 Å². The topological polar surface area (TPSA) is 68.0 Å². The van der Waals surface area contributed by atoms with Crippen molar-refractivity contribution in [3.05, 3.63) is 11.9 Å². The van der Waals surface area contributed by atoms with E-state index in [1.165, 1.54) is 38.5 Å². The van der Waals surface area contributed by atoms with Gasteiger partial charge in [0.2, 0.25) is 0 Å². The van der Waals surface area contributed by atoms with Crippen LogP contribution in [0.3, 0.4) is 0 Å². The third-order valence-electron chi connectivity index (χ3n) is 10.6. The maximum absolute atomic E-state index is 13.4. The molecule has 4 aliphatic carbocycles. The van der Waals surface area contributed by atoms with Crippen LogP contribution in [0.15, 0.2) is 6.20 Å². The largest absolute Gasteiger partial charge is 0.390 e. The summed E-state index contributed by atoms with van der Waals surface area (Å²) in [4.78, 5) is 15.0. The first-order valence-electron chi connectivity index (χ1n) is 12.8. The van der Waals surface area contributed by atoms with Crippen LogP contribution < -0.4 is 0 Å². The number of aromatic nitrogens is 3. The monoisotopic (exact) mass is 427 g/mol. The fourth-order valence-corrected chi connectivity index (χ4v) is 8.78. The number of rotatable bonds is 4. The van der Waals surface area contributed by atoms with Gasteiger partial charge in [-0.15, -0.1) is 0 Å². The molecule has 0 saturated heterocycles. The minimum atomic E-state index is -0.469. The first-order chi connectivity index (χ1) is 14.7. The molecule has 0 bridgehead atoms. The third kappa shape index (κ3) is 3.41. The number of aliphatic hydroxyl groups is 1. The molecule has 5 heteroatoms. The van der Waals surface area contributed by atoms with Crippen LogP contribution in [-0.4, -0.2) is 31.5 Å². The second-order valence-corrected chi connectivity index (χ2v) is 12.2. The Morgan fingerprint density at radius 1 is 1.06 bits per heavy atom. The minimum absolute atomic E-state index is 0.141. The van der Waals surface area contributed by atoms with Gasteiger partial charge in [-0.2, -0.15) is 15.0 Å². The smallest absolute Gasteiger partial charge is 0.159 e. The molecule has 31 heavy (non-hydrogen) atoms. The van der Waals surface area contributed by atoms with E-state index in [2.05, 4.69) is 31.0 Å². The zero-order valence-corrected chi connectivity index (χ0v) is 19.9. The van der Waals surface area contributed by atoms with Gasteiger partial charge in [-0.1, -0.05) is 20.8 Å². The van der Waals surface area contributed by atoms with Crippen molar-refractivity contribution in [2.45, 2.75) is 104 Å². The van der Waals surface area contributed by atoms with Crippen molar-refractivity contribution in [3.8, 4) is 0 Å². The molecular weight excluding hydrogens is 386 g/mol. The van der Waals surface area contributed by atoms with Crippen LogP contribution in [0.5, 0.6) is 0 Å². The van der Waals surface area contributed by atoms with Crippen molar-refractivity contribution >= 4 is 5.78 Å². The maximum atomic E-state index is 13.4. The average molecular weight is 428 g/mol. The number of aryl methyl sites for hydroxylation is 1. The van der Waals surface area contributed by atoms with Crippen molar-refractivity contribution in [2.75, 3.05) is 0 Å². The lowest BCUT2D eigenvalue weighted by molar-refractivity contribution is -0.151. The van der Waals surface area contributed by atoms with E-state index in [1.807, 2.05) is 6.92 Å². The summed E-state index contributed by atoms with van der Waals surface area (Å²) in [5, 5.41) is 19.5. The van der Waals surface area contributed by atoms with E-state index < -0.39 is 5.60 Å². The maximum Gasteiger partial charge on any atom is 0.159 e. The molecule has 0 aliphatic heterocycles. The molecule has 172 valence electrons. The highest BCUT2D eigenvalue weighted by atomic mass is 16.3. The third-order valence-corrected chi connectivity index (χ3v) is 10.6. The Morgan fingerprint density at radius 2 is 1.84 bits per heavy atom. The Bertz CT molecular complexity index is 847. The van der Waals surface area contributed by atoms with Gasteiger partial charge in [-0.3, -0.25) is 4.79 Å². The molecule has 8 atom stereocenters. The number of nitrogens with zero attached hydrogens (tertiary/aromatic N) is 3. The fourth-order valence-electron chi connectivity index (χ4n) is 8.78. The van der Waals surface area contributed by atoms with Crippen LogP contribution in [0.25, 0.3) is 0 Å². The van der Waals surface area contributed by atoms with E-state index in [9.17, 15) is 9.90 Å². The van der Waals surface area contributed by atoms with Gasteiger partial charge < -0.3 is 5.11 Å². The first kappa shape index (κ1) is 21.6. The van der Waals surface area contributed by atoms with Gasteiger partial charge in [0, 0.05) is 5.92 Å². The predicted octanol–water partition coefficient (Wildman–Crippen LogP) is 4.82. The second-order valence-electron chi connectivity index (χ2n) is 12.2. The molecule has 1 aromatic heterocycles. The normalized spacial score (nSPS) is 46.8. The standard InChI is InChI=1S/C26H41N3O2/c1-5-18-15-27-29(28-18)16-23(30)22-9-8-20-19-7-6-17-14-24(2,31)12-13-25(17,3)21(19)10-11-26(20,22)4/h15,17,19-22,31H,5-14,16H2,1-4H3/t17-,19-,20-,21-,22+,24+,25-,26-/m0/s1. The van der Waals surface area contributed by atoms with Gasteiger partial charge in [0.1, 0.15) is 6.54 Å². The highest BCUT2D eigenvalue weighted by molar-refractivity contribution is 5.82. The van der Waals surface area contributed by atoms with Crippen LogP contribution >= 0.6 is 0 Å². The Hall–Kier alpha value is -1.23. The summed E-state index contributed by atoms with van der Waals surface area (Å²) < 4.78 is 0. The van der Waals surface area contributed by atoms with Crippen molar-refractivity contribution in [2.24, 2.45) is 40.4 Å². The summed E-state index contributed by atoms with van der Waals surface area (Å²) in [6, 6.07) is 0. The Morgan fingerprint density at radius 3 is 2.58 bits per heavy atom. The van der Waals surface area contributed by atoms with E-state index in [0.29, 0.717) is 29.6 Å². The van der Waals surface area contributed by atoms with Gasteiger partial charge in [-0.25, -0.2) is 0 Å². The zero-order chi connectivity index (χ0) is 22.0. The number of ketones is 1. The molecule has 5 rings (SSSR count). The lowest BCUT2D eigenvalue weighted by Crippen LogP contribution is -2.55. The van der Waals surface area contributed by atoms with Crippen molar-refractivity contribution in [1.82, 2.24) is 15.0 Å². The van der Waals surface area contributed by atoms with Crippen LogP contribution in [0.1, 0.15) is 91.2 Å². The van der Waals surface area contributed by atoms with E-state index in [1.54, 1.807) is 11.0 Å². The molecule has 4 saturated carbocycles. The van der Waals surface area contributed by atoms with Gasteiger partial charge in [0.05, 0.1) is 17.5 Å². The lowest BCUT2D eigenvalue weighted by Gasteiger charge is -2.61. The van der Waals surface area contributed by atoms with Crippen LogP contribution in [0.4, 0.5) is 0 Å². The molecule has 1 N–H and O–H groups in total. The average Bonchev–Trinajstić information content (AvgIpc) is 3.31. The fraction of sp³-hybridized carbons (Fsp3) is 0.885. The van der Waals surface area contributed by atoms with Gasteiger partial charge in [-0.05, 0) is 106 Å². The molecule has 4 aliphatic rings. The molecule has 0 radical (unpaired) electrons. The summed E-state index contributed by atoms with van der Waals surface area (Å²) in [7, 11) is 0. The molecule has 5 nitrogen and oxygen atoms in total. The molecule has 0 unspecified atom stereocenters. The number of carbonyl (C=O) groups excluding carboxylic acids is 1. The van der Waals surface area contributed by atoms with E-state index in [-0.39, 0.29) is 11.3 Å². The predicted molar refractivity (Wildman–Crippen MR) is 120 cm³/mol. The Kier molecular flexibility index (Phi) is 5.16. The molecular formula is C26H41N3O2. The van der Waals surface area contributed by atoms with E-state index in [4.69, 9.17) is 0 Å². The summed E-state index contributed by atoms with van der Waals surface area (Å²) in [5.41, 5.74) is 1.01. The number of hydrogen-bond donors (Lipinski definition) is 1. The van der Waals surface area contributed by atoms with Crippen LogP contribution in [0, 0.1) is 40.4 Å². The highest BCUT2D eigenvalue weighted by Gasteiger charge is 2.61. The Balaban J connectivity index is 1.33. The zero-order valence-electron chi connectivity index (χ0n) is 19.9. The Labute approximate surface area is 187 Å². The van der Waals surface area contributed by atoms with Crippen molar-refractivity contribution < 1.29 is 9.90 Å². The molecule has 0 spiro atoms. The summed E-state index contributed by atoms with van der Waals surface area (Å²) in [6.07, 6.45) is 13.0. The first-order valence-corrected chi connectivity index (χ1v) is 12.8.